The first-order chi connectivity index (χ1) is 4.47. The van der Waals surface area contributed by atoms with Crippen molar-refractivity contribution in [3.05, 3.63) is 23.8 Å². The minimum atomic E-state index is 0.0231. The van der Waals surface area contributed by atoms with Crippen LogP contribution in [0.3, 0.4) is 0 Å². The Morgan fingerprint density at radius 2 is 2.56 bits per heavy atom. The lowest BCUT2D eigenvalue weighted by Crippen LogP contribution is -2.02. The highest BCUT2D eigenvalue weighted by atomic mass is 15.0. The van der Waals surface area contributed by atoms with Crippen LogP contribution in [0.25, 0.3) is 0 Å². The molecule has 2 heterocycles. The summed E-state index contributed by atoms with van der Waals surface area (Å²) < 4.78 is 0. The molecule has 2 aliphatic rings. The fraction of sp³-hybridized carbons (Fsp3) is 0.143. The highest BCUT2D eigenvalue weighted by Crippen LogP contribution is 2.15. The van der Waals surface area contributed by atoms with Gasteiger partial charge in [-0.2, -0.15) is 0 Å². The molecule has 1 unspecified atom stereocenters. The molecule has 0 saturated carbocycles. The van der Waals surface area contributed by atoms with Crippen molar-refractivity contribution in [3.63, 3.8) is 0 Å². The molecule has 43 valence electrons. The van der Waals surface area contributed by atoms with E-state index in [4.69, 9.17) is 0 Å². The number of dihydropyridines is 1. The highest BCUT2D eigenvalue weighted by molar-refractivity contribution is 5.82. The summed E-state index contributed by atoms with van der Waals surface area (Å²) in [5, 5.41) is 0. The Kier molecular flexibility index (Phi) is 0.859. The van der Waals surface area contributed by atoms with Crippen molar-refractivity contribution < 1.29 is 0 Å². The lowest BCUT2D eigenvalue weighted by atomic mass is 10.2. The third-order valence-electron chi connectivity index (χ3n) is 1.33. The van der Waals surface area contributed by atoms with Crippen LogP contribution in [0.15, 0.2) is 33.8 Å². The smallest absolute Gasteiger partial charge is 0.165 e. The van der Waals surface area contributed by atoms with Crippen LogP contribution in [-0.2, 0) is 0 Å². The summed E-state index contributed by atoms with van der Waals surface area (Å²) in [5.74, 6) is 0. The van der Waals surface area contributed by atoms with Crippen molar-refractivity contribution in [2.45, 2.75) is 6.17 Å². The van der Waals surface area contributed by atoms with Gasteiger partial charge in [-0.05, 0) is 12.2 Å². The lowest BCUT2D eigenvalue weighted by molar-refractivity contribution is 0.864. The van der Waals surface area contributed by atoms with Crippen LogP contribution in [0.5, 0.6) is 0 Å². The molecule has 9 heavy (non-hydrogen) atoms. The van der Waals surface area contributed by atoms with Crippen LogP contribution in [0, 0.1) is 0 Å². The maximum atomic E-state index is 4.08. The van der Waals surface area contributed by atoms with Crippen LogP contribution in [0.1, 0.15) is 0 Å². The van der Waals surface area contributed by atoms with Crippen molar-refractivity contribution in [1.29, 1.82) is 0 Å². The molecule has 0 aromatic rings. The molecular formula is C7H5N2. The largest absolute Gasteiger partial charge is 0.262 e. The average molecular weight is 117 g/mol. The van der Waals surface area contributed by atoms with E-state index in [0.29, 0.717) is 0 Å². The molecule has 0 N–H and O–H groups in total. The fourth-order valence-electron chi connectivity index (χ4n) is 0.870. The standard InChI is InChI=1S/C7H5N2/c1-2-6-3-5-9-7(6)8-4-1/h1-4,7H. The number of nitrogens with zero attached hydrogens (tertiary/aromatic N) is 2. The lowest BCUT2D eigenvalue weighted by Gasteiger charge is -2.04. The van der Waals surface area contributed by atoms with E-state index in [1.165, 1.54) is 0 Å². The number of fused-ring (bicyclic) bond motifs is 1. The summed E-state index contributed by atoms with van der Waals surface area (Å²) in [5.41, 5.74) is 1.14. The summed E-state index contributed by atoms with van der Waals surface area (Å²) >= 11 is 0. The molecule has 0 spiro atoms. The third kappa shape index (κ3) is 0.633. The number of aliphatic imine (C=N–C) groups is 2. The van der Waals surface area contributed by atoms with Crippen molar-refractivity contribution in [3.8, 4) is 0 Å². The van der Waals surface area contributed by atoms with Gasteiger partial charge in [-0.25, -0.2) is 0 Å². The normalized spacial score (nSPS) is 28.4. The summed E-state index contributed by atoms with van der Waals surface area (Å²) in [7, 11) is 0. The SMILES string of the molecule is [C]1=NC2N=CC=CC2=C1. The van der Waals surface area contributed by atoms with E-state index in [0.717, 1.165) is 5.57 Å². The second-order valence-corrected chi connectivity index (χ2v) is 1.93. The van der Waals surface area contributed by atoms with Crippen molar-refractivity contribution in [1.82, 2.24) is 0 Å². The summed E-state index contributed by atoms with van der Waals surface area (Å²) in [6, 6.07) is 0. The zero-order valence-electron chi connectivity index (χ0n) is 4.78. The molecule has 2 rings (SSSR count). The van der Waals surface area contributed by atoms with Crippen LogP contribution >= 0.6 is 0 Å². The van der Waals surface area contributed by atoms with Gasteiger partial charge in [-0.15, -0.1) is 0 Å². The number of hydrogen-bond donors (Lipinski definition) is 0. The molecular weight excluding hydrogens is 112 g/mol. The van der Waals surface area contributed by atoms with Crippen molar-refractivity contribution in [2.24, 2.45) is 9.98 Å². The topological polar surface area (TPSA) is 24.7 Å². The van der Waals surface area contributed by atoms with E-state index >= 15 is 0 Å². The maximum Gasteiger partial charge on any atom is 0.165 e. The first-order valence-corrected chi connectivity index (χ1v) is 2.82. The van der Waals surface area contributed by atoms with Gasteiger partial charge in [-0.1, -0.05) is 6.08 Å². The number of rotatable bonds is 0. The van der Waals surface area contributed by atoms with Crippen LogP contribution in [0.2, 0.25) is 0 Å². The Balaban J connectivity index is 2.40. The van der Waals surface area contributed by atoms with E-state index in [-0.39, 0.29) is 6.17 Å². The Labute approximate surface area is 53.3 Å². The Morgan fingerprint density at radius 3 is 3.44 bits per heavy atom. The van der Waals surface area contributed by atoms with E-state index in [2.05, 4.69) is 16.2 Å². The quantitative estimate of drug-likeness (QED) is 0.449. The molecule has 1 radical (unpaired) electrons. The van der Waals surface area contributed by atoms with Crippen LogP contribution < -0.4 is 0 Å². The molecule has 0 aromatic heterocycles. The fourth-order valence-corrected chi connectivity index (χ4v) is 0.870. The van der Waals surface area contributed by atoms with Gasteiger partial charge in [0.2, 0.25) is 0 Å². The molecule has 2 aliphatic heterocycles. The minimum absolute atomic E-state index is 0.0231. The molecule has 0 aliphatic carbocycles. The third-order valence-corrected chi connectivity index (χ3v) is 1.33. The number of allylic oxidation sites excluding steroid dienone is 2. The Hall–Kier alpha value is -1.18. The van der Waals surface area contributed by atoms with Gasteiger partial charge in [0.05, 0.1) is 6.21 Å². The molecule has 0 bridgehead atoms. The molecule has 1 atom stereocenters. The second-order valence-electron chi connectivity index (χ2n) is 1.93. The van der Waals surface area contributed by atoms with Crippen LogP contribution in [-0.4, -0.2) is 18.6 Å². The highest BCUT2D eigenvalue weighted by Gasteiger charge is 2.12. The molecule has 2 heteroatoms. The van der Waals surface area contributed by atoms with E-state index in [9.17, 15) is 0 Å². The van der Waals surface area contributed by atoms with E-state index in [1.54, 1.807) is 6.21 Å². The first kappa shape index (κ1) is 4.68. The Morgan fingerprint density at radius 1 is 1.56 bits per heavy atom. The van der Waals surface area contributed by atoms with Crippen molar-refractivity contribution in [2.75, 3.05) is 0 Å². The predicted octanol–water partition coefficient (Wildman–Crippen LogP) is 0.841. The van der Waals surface area contributed by atoms with Crippen LogP contribution in [0.4, 0.5) is 0 Å². The molecule has 0 fully saturated rings. The summed E-state index contributed by atoms with van der Waals surface area (Å²) in [6.45, 7) is 0. The average Bonchev–Trinajstić information content (AvgIpc) is 2.33. The Bertz CT molecular complexity index is 233. The zero-order valence-corrected chi connectivity index (χ0v) is 4.78. The van der Waals surface area contributed by atoms with Gasteiger partial charge < -0.3 is 0 Å². The maximum absolute atomic E-state index is 4.08. The summed E-state index contributed by atoms with van der Waals surface area (Å²) in [6.07, 6.45) is 10.3. The van der Waals surface area contributed by atoms with E-state index in [1.807, 2.05) is 18.2 Å². The monoisotopic (exact) mass is 117 g/mol. The van der Waals surface area contributed by atoms with Crippen molar-refractivity contribution >= 4 is 12.4 Å². The van der Waals surface area contributed by atoms with Gasteiger partial charge in [0.15, 0.2) is 6.17 Å². The summed E-state index contributed by atoms with van der Waals surface area (Å²) in [4.78, 5) is 8.05. The van der Waals surface area contributed by atoms with Gasteiger partial charge in [0, 0.05) is 11.8 Å². The molecule has 0 aromatic carbocycles. The van der Waals surface area contributed by atoms with E-state index < -0.39 is 0 Å². The van der Waals surface area contributed by atoms with Gasteiger partial charge >= 0.3 is 0 Å². The zero-order chi connectivity index (χ0) is 6.10. The van der Waals surface area contributed by atoms with Gasteiger partial charge in [-0.3, -0.25) is 9.98 Å². The first-order valence-electron chi connectivity index (χ1n) is 2.82. The molecule has 0 saturated heterocycles. The second kappa shape index (κ2) is 1.65. The number of hydrogen-bond acceptors (Lipinski definition) is 2. The predicted molar refractivity (Wildman–Crippen MR) is 36.9 cm³/mol. The van der Waals surface area contributed by atoms with Gasteiger partial charge in [0.25, 0.3) is 0 Å². The minimum Gasteiger partial charge on any atom is -0.262 e. The molecule has 2 nitrogen and oxygen atoms in total. The molecule has 0 amide bonds. The van der Waals surface area contributed by atoms with Gasteiger partial charge in [0.1, 0.15) is 0 Å².